The third-order valence-electron chi connectivity index (χ3n) is 22.4. The van der Waals surface area contributed by atoms with Crippen LogP contribution in [0, 0.1) is 0 Å². The van der Waals surface area contributed by atoms with Crippen molar-refractivity contribution in [3.63, 3.8) is 0 Å². The van der Waals surface area contributed by atoms with E-state index >= 15 is 0 Å². The molecule has 0 saturated carbocycles. The van der Waals surface area contributed by atoms with Crippen molar-refractivity contribution in [2.24, 2.45) is 0 Å². The average Bonchev–Trinajstić information content (AvgIpc) is 1.25. The van der Waals surface area contributed by atoms with Gasteiger partial charge in [0.15, 0.2) is 34.9 Å². The summed E-state index contributed by atoms with van der Waals surface area (Å²) in [6.07, 6.45) is 0. The van der Waals surface area contributed by atoms with E-state index in [1.807, 2.05) is 127 Å². The number of pyridine rings is 2. The molecule has 0 aliphatic heterocycles. The molecule has 16 heteroatoms. The topological polar surface area (TPSA) is 168 Å². The lowest BCUT2D eigenvalue weighted by atomic mass is 9.96. The first-order valence-corrected chi connectivity index (χ1v) is 41.7. The maximum Gasteiger partial charge on any atom is 0.164 e. The minimum Gasteiger partial charge on any atom is -0.455 e. The van der Waals surface area contributed by atoms with Crippen LogP contribution >= 0.6 is 34.8 Å². The fraction of sp³-hybridized carbons (Fsp3) is 0. The molecular weight excluding hydrogens is 1530 g/mol. The molecule has 13 nitrogen and oxygen atoms in total. The molecule has 560 valence electrons. The molecule has 8 aromatic heterocycles. The molecule has 120 heavy (non-hydrogen) atoms. The fourth-order valence-corrected chi connectivity index (χ4v) is 18.9. The lowest BCUT2D eigenvalue weighted by molar-refractivity contribution is 0.670. The predicted octanol–water partition coefficient (Wildman–Crippen LogP) is 27.4. The maximum absolute atomic E-state index is 6.36. The Morgan fingerprint density at radius 1 is 0.208 bits per heavy atom. The van der Waals surface area contributed by atoms with E-state index in [4.69, 9.17) is 53.0 Å². The van der Waals surface area contributed by atoms with Crippen LogP contribution in [-0.2, 0) is 0 Å². The second kappa shape index (κ2) is 29.4. The smallest absolute Gasteiger partial charge is 0.164 e. The van der Waals surface area contributed by atoms with Gasteiger partial charge in [0.1, 0.15) is 33.2 Å². The van der Waals surface area contributed by atoms with Gasteiger partial charge in [-0.25, -0.2) is 39.9 Å². The van der Waals surface area contributed by atoms with Gasteiger partial charge in [-0.15, -0.1) is 11.3 Å². The number of aromatic nitrogens is 12. The number of hydrogen-bond donors (Lipinski definition) is 0. The van der Waals surface area contributed by atoms with Crippen LogP contribution in [0.5, 0.6) is 0 Å². The molecule has 16 aromatic carbocycles. The van der Waals surface area contributed by atoms with Crippen molar-refractivity contribution >= 4 is 142 Å². The molecule has 24 aromatic rings. The van der Waals surface area contributed by atoms with E-state index in [9.17, 15) is 0 Å². The number of rotatable bonds is 12. The Labute approximate surface area is 698 Å². The standard InChI is InChI=1S/C52H30N6OS.C52H30N6S2/c2*1-3-11-32(12-4-1)47-42-27-28-43-48(58-60-57-43)46(42)41-26-25-36(30-44(41)53-47)35-15-9-16-37(29-35)52-55-50(33-13-5-2-6-14-33)54-51(56-52)34-23-21-31(22-24-34)38-18-10-19-40-39-17-7-8-20-45(39)59-49(38)40/h2*1-30H. The quantitative estimate of drug-likeness (QED) is 0.106. The Balaban J connectivity index is 0.000000140. The summed E-state index contributed by atoms with van der Waals surface area (Å²) in [4.78, 5) is 41.0. The van der Waals surface area contributed by atoms with E-state index in [2.05, 4.69) is 257 Å². The Morgan fingerprint density at radius 3 is 1.07 bits per heavy atom. The van der Waals surface area contributed by atoms with Gasteiger partial charge >= 0.3 is 0 Å². The number of para-hydroxylation sites is 2. The van der Waals surface area contributed by atoms with Crippen molar-refractivity contribution in [1.29, 1.82) is 0 Å². The molecule has 0 fully saturated rings. The average molecular weight is 1590 g/mol. The summed E-state index contributed by atoms with van der Waals surface area (Å²) in [5, 5.41) is 11.1. The highest BCUT2D eigenvalue weighted by Gasteiger charge is 2.23. The lowest BCUT2D eigenvalue weighted by Gasteiger charge is -2.12. The molecule has 24 rings (SSSR count). The lowest BCUT2D eigenvalue weighted by Crippen LogP contribution is -2.00. The Morgan fingerprint density at radius 2 is 0.567 bits per heavy atom. The van der Waals surface area contributed by atoms with Gasteiger partial charge in [-0.3, -0.25) is 0 Å². The summed E-state index contributed by atoms with van der Waals surface area (Å²) in [5.74, 6) is 3.64. The zero-order valence-electron chi connectivity index (χ0n) is 63.6. The molecule has 0 aliphatic rings. The van der Waals surface area contributed by atoms with Crippen LogP contribution in [0.1, 0.15) is 0 Å². The fourth-order valence-electron chi connectivity index (χ4n) is 16.6. The molecule has 0 aliphatic carbocycles. The summed E-state index contributed by atoms with van der Waals surface area (Å²) in [5.41, 5.74) is 25.1. The third-order valence-corrected chi connectivity index (χ3v) is 24.7. The first-order valence-electron chi connectivity index (χ1n) is 39.4. The van der Waals surface area contributed by atoms with Gasteiger partial charge in [0.05, 0.1) is 45.9 Å². The minimum atomic E-state index is 0.589. The number of fused-ring (bicyclic) bond motifs is 16. The molecule has 0 bridgehead atoms. The van der Waals surface area contributed by atoms with E-state index in [1.165, 1.54) is 49.2 Å². The van der Waals surface area contributed by atoms with Crippen LogP contribution in [0.15, 0.2) is 368 Å². The van der Waals surface area contributed by atoms with Crippen LogP contribution in [0.25, 0.3) is 243 Å². The van der Waals surface area contributed by atoms with Gasteiger partial charge in [-0.1, -0.05) is 303 Å². The summed E-state index contributed by atoms with van der Waals surface area (Å²) in [7, 11) is 0. The van der Waals surface area contributed by atoms with Gasteiger partial charge in [-0.2, -0.15) is 17.5 Å². The molecule has 0 spiro atoms. The van der Waals surface area contributed by atoms with Gasteiger partial charge in [-0.05, 0) is 99.6 Å². The Kier molecular flexibility index (Phi) is 17.1. The number of benzene rings is 16. The highest BCUT2D eigenvalue weighted by molar-refractivity contribution is 7.26. The van der Waals surface area contributed by atoms with E-state index in [1.54, 1.807) is 0 Å². The molecule has 0 amide bonds. The summed E-state index contributed by atoms with van der Waals surface area (Å²) in [6, 6.07) is 126. The zero-order chi connectivity index (χ0) is 79.1. The summed E-state index contributed by atoms with van der Waals surface area (Å²) in [6.45, 7) is 0. The van der Waals surface area contributed by atoms with E-state index in [-0.39, 0.29) is 0 Å². The molecule has 0 N–H and O–H groups in total. The van der Waals surface area contributed by atoms with Crippen molar-refractivity contribution in [2.75, 3.05) is 0 Å². The molecule has 8 heterocycles. The highest BCUT2D eigenvalue weighted by atomic mass is 32.1. The number of nitrogens with zero attached hydrogens (tertiary/aromatic N) is 12. The summed E-state index contributed by atoms with van der Waals surface area (Å²) < 4.78 is 27.5. The van der Waals surface area contributed by atoms with E-state index in [0.29, 0.717) is 34.9 Å². The van der Waals surface area contributed by atoms with Gasteiger partial charge in [0.2, 0.25) is 0 Å². The number of furan rings is 1. The van der Waals surface area contributed by atoms with Gasteiger partial charge < -0.3 is 4.42 Å². The minimum absolute atomic E-state index is 0.589. The van der Waals surface area contributed by atoms with E-state index < -0.39 is 0 Å². The molecular formula is C104H60N12OS3. The number of hydrogen-bond acceptors (Lipinski definition) is 16. The second-order valence-corrected chi connectivity index (χ2v) is 31.7. The van der Waals surface area contributed by atoms with Crippen LogP contribution in [-0.4, -0.2) is 57.4 Å². The first kappa shape index (κ1) is 70.0. The number of thiophene rings is 1. The molecule has 0 atom stereocenters. The molecule has 0 unspecified atom stereocenters. The van der Waals surface area contributed by atoms with Gasteiger partial charge in [0, 0.05) is 113 Å². The van der Waals surface area contributed by atoms with Crippen molar-refractivity contribution < 1.29 is 4.42 Å². The Hall–Kier alpha value is -15.5. The van der Waals surface area contributed by atoms with Crippen LogP contribution < -0.4 is 0 Å². The monoisotopic (exact) mass is 1590 g/mol. The second-order valence-electron chi connectivity index (χ2n) is 29.6. The summed E-state index contributed by atoms with van der Waals surface area (Å²) >= 11 is 4.32. The predicted molar refractivity (Wildman–Crippen MR) is 493 cm³/mol. The van der Waals surface area contributed by atoms with Crippen molar-refractivity contribution in [2.45, 2.75) is 0 Å². The molecule has 0 radical (unpaired) electrons. The van der Waals surface area contributed by atoms with Crippen molar-refractivity contribution in [3.05, 3.63) is 364 Å². The largest absolute Gasteiger partial charge is 0.455 e. The van der Waals surface area contributed by atoms with Crippen LogP contribution in [0.2, 0.25) is 0 Å². The Bertz CT molecular complexity index is 7680. The highest BCUT2D eigenvalue weighted by Crippen LogP contribution is 2.45. The van der Waals surface area contributed by atoms with Crippen LogP contribution in [0.3, 0.4) is 0 Å². The molecule has 0 saturated heterocycles. The zero-order valence-corrected chi connectivity index (χ0v) is 66.1. The third kappa shape index (κ3) is 12.5. The van der Waals surface area contributed by atoms with Gasteiger partial charge in [0.25, 0.3) is 0 Å². The van der Waals surface area contributed by atoms with Crippen LogP contribution in [0.4, 0.5) is 0 Å². The maximum atomic E-state index is 6.36. The normalized spacial score (nSPS) is 11.7. The van der Waals surface area contributed by atoms with Crippen molar-refractivity contribution in [1.82, 2.24) is 57.4 Å². The van der Waals surface area contributed by atoms with E-state index in [0.717, 1.165) is 182 Å². The first-order chi connectivity index (χ1) is 59.4. The van der Waals surface area contributed by atoms with Crippen molar-refractivity contribution in [3.8, 4) is 135 Å². The SMILES string of the molecule is c1ccc(-c2nc(-c3ccc(-c4cccc5c4oc4ccccc45)cc3)nc(-c3cccc(-c4ccc5c(c4)nc(-c4ccccc4)c4ccc6nsnc6c45)c3)n2)cc1.c1ccc(-c2nc(-c3ccc(-c4cccc5c4sc4ccccc45)cc3)nc(-c3cccc(-c4ccc5c(c4)nc(-c4ccccc4)c4ccc6nsnc6c45)c3)n2)cc1.